The second kappa shape index (κ2) is 5.28. The number of halogens is 1. The zero-order valence-electron chi connectivity index (χ0n) is 9.29. The van der Waals surface area contributed by atoms with Crippen LogP contribution in [-0.2, 0) is 6.42 Å². The molecular formula is C10H8ClN3O3S. The van der Waals surface area contributed by atoms with E-state index in [1.165, 1.54) is 12.1 Å². The summed E-state index contributed by atoms with van der Waals surface area (Å²) in [5.74, 6) is 0.181. The Bertz CT molecular complexity index is 587. The molecule has 0 aliphatic heterocycles. The van der Waals surface area contributed by atoms with E-state index in [1.54, 1.807) is 6.07 Å². The van der Waals surface area contributed by atoms with E-state index in [1.807, 2.05) is 6.92 Å². The van der Waals surface area contributed by atoms with Crippen molar-refractivity contribution in [3.05, 3.63) is 39.0 Å². The van der Waals surface area contributed by atoms with Crippen molar-refractivity contribution in [2.75, 3.05) is 0 Å². The lowest BCUT2D eigenvalue weighted by atomic mass is 10.1. The third-order valence-corrected chi connectivity index (χ3v) is 3.11. The molecule has 2 rings (SSSR count). The number of benzene rings is 1. The summed E-state index contributed by atoms with van der Waals surface area (Å²) in [6.07, 6.45) is 0.708. The Labute approximate surface area is 112 Å². The van der Waals surface area contributed by atoms with Gasteiger partial charge in [0.2, 0.25) is 10.9 Å². The molecule has 1 aromatic heterocycles. The lowest BCUT2D eigenvalue weighted by Crippen LogP contribution is -1.95. The van der Waals surface area contributed by atoms with E-state index >= 15 is 0 Å². The zero-order valence-corrected chi connectivity index (χ0v) is 10.9. The Morgan fingerprint density at radius 2 is 2.28 bits per heavy atom. The van der Waals surface area contributed by atoms with Crippen LogP contribution in [0.3, 0.4) is 0 Å². The molecule has 0 saturated carbocycles. The van der Waals surface area contributed by atoms with Gasteiger partial charge in [0.05, 0.1) is 16.7 Å². The van der Waals surface area contributed by atoms with Gasteiger partial charge >= 0.3 is 5.69 Å². The number of ether oxygens (including phenoxy) is 1. The molecule has 1 aromatic carbocycles. The molecular weight excluding hydrogens is 278 g/mol. The van der Waals surface area contributed by atoms with Crippen LogP contribution in [0.4, 0.5) is 5.69 Å². The van der Waals surface area contributed by atoms with Gasteiger partial charge in [-0.25, -0.2) is 0 Å². The van der Waals surface area contributed by atoms with Gasteiger partial charge in [0, 0.05) is 6.07 Å². The van der Waals surface area contributed by atoms with Crippen molar-refractivity contribution in [1.29, 1.82) is 0 Å². The van der Waals surface area contributed by atoms with E-state index < -0.39 is 4.92 Å². The van der Waals surface area contributed by atoms with Gasteiger partial charge in [0.1, 0.15) is 0 Å². The van der Waals surface area contributed by atoms with Crippen LogP contribution in [0.25, 0.3) is 0 Å². The Morgan fingerprint density at radius 3 is 2.83 bits per heavy atom. The van der Waals surface area contributed by atoms with Crippen molar-refractivity contribution < 1.29 is 9.66 Å². The number of hydrogen-bond acceptors (Lipinski definition) is 6. The largest absolute Gasteiger partial charge is 0.428 e. The Morgan fingerprint density at radius 1 is 1.50 bits per heavy atom. The maximum absolute atomic E-state index is 11.0. The molecule has 0 atom stereocenters. The summed E-state index contributed by atoms with van der Waals surface area (Å²) in [5, 5.41) is 11.1. The summed E-state index contributed by atoms with van der Waals surface area (Å²) in [7, 11) is 0. The summed E-state index contributed by atoms with van der Waals surface area (Å²) in [6.45, 7) is 1.92. The molecule has 0 N–H and O–H groups in total. The van der Waals surface area contributed by atoms with E-state index in [2.05, 4.69) is 8.75 Å². The van der Waals surface area contributed by atoms with Gasteiger partial charge in [-0.2, -0.15) is 4.37 Å². The van der Waals surface area contributed by atoms with Gasteiger partial charge in [-0.3, -0.25) is 10.1 Å². The molecule has 1 heterocycles. The molecule has 94 valence electrons. The molecule has 0 radical (unpaired) electrons. The average molecular weight is 286 g/mol. The van der Waals surface area contributed by atoms with Gasteiger partial charge in [-0.05, 0) is 18.1 Å². The number of nitro groups is 1. The lowest BCUT2D eigenvalue weighted by Gasteiger charge is -2.04. The van der Waals surface area contributed by atoms with Crippen molar-refractivity contribution >= 4 is 29.0 Å². The van der Waals surface area contributed by atoms with Gasteiger partial charge in [0.15, 0.2) is 0 Å². The quantitative estimate of drug-likeness (QED) is 0.635. The van der Waals surface area contributed by atoms with E-state index in [9.17, 15) is 10.1 Å². The van der Waals surface area contributed by atoms with Crippen LogP contribution in [-0.4, -0.2) is 13.7 Å². The molecule has 0 saturated heterocycles. The number of nitrogens with zero attached hydrogens (tertiary/aromatic N) is 3. The zero-order chi connectivity index (χ0) is 13.1. The Kier molecular flexibility index (Phi) is 3.73. The second-order valence-electron chi connectivity index (χ2n) is 3.37. The van der Waals surface area contributed by atoms with Crippen LogP contribution >= 0.6 is 23.3 Å². The van der Waals surface area contributed by atoms with E-state index in [-0.39, 0.29) is 22.5 Å². The first-order chi connectivity index (χ1) is 8.61. The highest BCUT2D eigenvalue weighted by atomic mass is 35.5. The molecule has 0 amide bonds. The molecule has 0 fully saturated rings. The Hall–Kier alpha value is -1.73. The summed E-state index contributed by atoms with van der Waals surface area (Å²) in [6, 6.07) is 4.77. The lowest BCUT2D eigenvalue weighted by molar-refractivity contribution is -0.385. The summed E-state index contributed by atoms with van der Waals surface area (Å²) >= 11 is 6.60. The van der Waals surface area contributed by atoms with Crippen LogP contribution in [0.15, 0.2) is 18.2 Å². The third kappa shape index (κ3) is 2.57. The monoisotopic (exact) mass is 285 g/mol. The highest BCUT2D eigenvalue weighted by Crippen LogP contribution is 2.34. The molecule has 6 nitrogen and oxygen atoms in total. The molecule has 0 aliphatic carbocycles. The summed E-state index contributed by atoms with van der Waals surface area (Å²) in [4.78, 5) is 10.5. The van der Waals surface area contributed by atoms with Gasteiger partial charge < -0.3 is 4.74 Å². The molecule has 0 bridgehead atoms. The maximum Gasteiger partial charge on any atom is 0.311 e. The smallest absolute Gasteiger partial charge is 0.311 e. The molecule has 0 unspecified atom stereocenters. The molecule has 2 aromatic rings. The summed E-state index contributed by atoms with van der Waals surface area (Å²) in [5.41, 5.74) is 0.745. The second-order valence-corrected chi connectivity index (χ2v) is 4.26. The minimum absolute atomic E-state index is 0.0778. The van der Waals surface area contributed by atoms with Crippen molar-refractivity contribution in [3.8, 4) is 11.6 Å². The van der Waals surface area contributed by atoms with Crippen LogP contribution in [0.2, 0.25) is 5.15 Å². The van der Waals surface area contributed by atoms with E-state index in [4.69, 9.17) is 16.3 Å². The van der Waals surface area contributed by atoms with Gasteiger partial charge in [-0.1, -0.05) is 24.6 Å². The third-order valence-electron chi connectivity index (χ3n) is 2.26. The van der Waals surface area contributed by atoms with Crippen LogP contribution < -0.4 is 4.74 Å². The number of aryl methyl sites for hydroxylation is 1. The van der Waals surface area contributed by atoms with Crippen LogP contribution in [0.5, 0.6) is 11.6 Å². The fourth-order valence-corrected chi connectivity index (χ4v) is 1.96. The molecule has 0 spiro atoms. The first kappa shape index (κ1) is 12.7. The van der Waals surface area contributed by atoms with Gasteiger partial charge in [-0.15, -0.1) is 4.37 Å². The normalized spacial score (nSPS) is 10.3. The number of nitro benzene ring substituents is 1. The fourth-order valence-electron chi connectivity index (χ4n) is 1.35. The topological polar surface area (TPSA) is 78.2 Å². The minimum atomic E-state index is -0.498. The Balaban J connectivity index is 2.38. The summed E-state index contributed by atoms with van der Waals surface area (Å²) < 4.78 is 12.8. The minimum Gasteiger partial charge on any atom is -0.428 e. The van der Waals surface area contributed by atoms with Crippen molar-refractivity contribution in [2.45, 2.75) is 13.3 Å². The van der Waals surface area contributed by atoms with Crippen molar-refractivity contribution in [3.63, 3.8) is 0 Å². The van der Waals surface area contributed by atoms with E-state index in [0.717, 1.165) is 17.3 Å². The fraction of sp³-hybridized carbons (Fsp3) is 0.200. The number of hydrogen-bond donors (Lipinski definition) is 0. The highest BCUT2D eigenvalue weighted by Gasteiger charge is 2.18. The van der Waals surface area contributed by atoms with Crippen LogP contribution in [0.1, 0.15) is 12.5 Å². The van der Waals surface area contributed by atoms with Crippen molar-refractivity contribution in [1.82, 2.24) is 8.75 Å². The number of rotatable bonds is 4. The predicted molar refractivity (Wildman–Crippen MR) is 67.5 cm³/mol. The standard InChI is InChI=1S/C10H8ClN3O3S/c1-2-6-3-4-8(7(5-6)14(15)16)17-10-9(11)12-18-13-10/h3-5H,2H2,1H3. The molecule has 18 heavy (non-hydrogen) atoms. The average Bonchev–Trinajstić information content (AvgIpc) is 2.75. The maximum atomic E-state index is 11.0. The number of aromatic nitrogens is 2. The van der Waals surface area contributed by atoms with Crippen LogP contribution in [0, 0.1) is 10.1 Å². The van der Waals surface area contributed by atoms with E-state index in [0.29, 0.717) is 6.42 Å². The van der Waals surface area contributed by atoms with Crippen molar-refractivity contribution in [2.24, 2.45) is 0 Å². The molecule has 8 heteroatoms. The SMILES string of the molecule is CCc1ccc(Oc2nsnc2Cl)c([N+](=O)[O-])c1. The predicted octanol–water partition coefficient (Wildman–Crippen LogP) is 3.45. The van der Waals surface area contributed by atoms with Gasteiger partial charge in [0.25, 0.3) is 5.88 Å². The first-order valence-corrected chi connectivity index (χ1v) is 6.16. The first-order valence-electron chi connectivity index (χ1n) is 5.05. The molecule has 0 aliphatic rings. The highest BCUT2D eigenvalue weighted by molar-refractivity contribution is 6.99.